The maximum atomic E-state index is 14.6. The minimum Gasteiger partial charge on any atom is -0.387 e. The van der Waals surface area contributed by atoms with Gasteiger partial charge in [-0.3, -0.25) is 9.05 Å². The standard InChI is InChI=1S/C42H61FN5O9P/c1-3-4-5-6-7-8-9-10-11-12-13-14-15-16-17-18-24-53-26-34(54-28-35-33(25-44)20-19-21-36(35)43)27-55-58(51,52)56-29-38-40(49)41(50)42(30-45,57-38)39-23-22-37-32(2)46-31-47-48(37)39/h19-23,31,34,38,40-41,49-50H,3-18,24,26-29H2,1-2H3,(H,51,52)/t34-,38-,40-,41-,42+/m1/s1. The van der Waals surface area contributed by atoms with Gasteiger partial charge in [0.1, 0.15) is 42.6 Å². The molecule has 3 N–H and O–H groups in total. The van der Waals surface area contributed by atoms with Crippen LogP contribution in [0.1, 0.15) is 132 Å². The molecule has 2 aromatic heterocycles. The molecule has 1 aromatic carbocycles. The van der Waals surface area contributed by atoms with Crippen molar-refractivity contribution in [1.29, 1.82) is 10.5 Å². The number of hydrogen-bond donors (Lipinski definition) is 3. The van der Waals surface area contributed by atoms with Gasteiger partial charge in [0.25, 0.3) is 0 Å². The van der Waals surface area contributed by atoms with Crippen molar-refractivity contribution in [2.75, 3.05) is 26.4 Å². The summed E-state index contributed by atoms with van der Waals surface area (Å²) in [6.07, 6.45) is 15.4. The summed E-state index contributed by atoms with van der Waals surface area (Å²) in [6.45, 7) is 2.80. The van der Waals surface area contributed by atoms with E-state index in [0.29, 0.717) is 17.8 Å². The Hall–Kier alpha value is -3.34. The number of halogens is 1. The molecule has 0 spiro atoms. The van der Waals surface area contributed by atoms with Gasteiger partial charge in [0.2, 0.25) is 5.60 Å². The number of phosphoric acid groups is 1. The Kier molecular flexibility index (Phi) is 20.1. The van der Waals surface area contributed by atoms with E-state index in [2.05, 4.69) is 17.0 Å². The van der Waals surface area contributed by atoms with Gasteiger partial charge >= 0.3 is 7.82 Å². The van der Waals surface area contributed by atoms with Gasteiger partial charge in [-0.1, -0.05) is 109 Å². The van der Waals surface area contributed by atoms with E-state index in [1.807, 2.05) is 12.1 Å². The van der Waals surface area contributed by atoms with Gasteiger partial charge in [0.15, 0.2) is 0 Å². The van der Waals surface area contributed by atoms with Crippen LogP contribution in [-0.2, 0) is 40.0 Å². The topological polar surface area (TPSA) is 202 Å². The molecule has 16 heteroatoms. The Morgan fingerprint density at radius 1 is 0.931 bits per heavy atom. The van der Waals surface area contributed by atoms with E-state index in [1.165, 1.54) is 119 Å². The van der Waals surface area contributed by atoms with Crippen LogP contribution in [0, 0.1) is 35.4 Å². The third-order valence-electron chi connectivity index (χ3n) is 10.6. The lowest BCUT2D eigenvalue weighted by molar-refractivity contribution is -0.0691. The Morgan fingerprint density at radius 3 is 2.19 bits per heavy atom. The van der Waals surface area contributed by atoms with Gasteiger partial charge < -0.3 is 29.3 Å². The second-order valence-electron chi connectivity index (χ2n) is 15.0. The van der Waals surface area contributed by atoms with Crippen molar-refractivity contribution in [2.45, 2.75) is 153 Å². The van der Waals surface area contributed by atoms with Crippen LogP contribution < -0.4 is 0 Å². The molecule has 0 amide bonds. The average Bonchev–Trinajstić information content (AvgIpc) is 3.77. The van der Waals surface area contributed by atoms with E-state index in [1.54, 1.807) is 13.0 Å². The zero-order valence-corrected chi connectivity index (χ0v) is 34.9. The normalized spacial score (nSPS) is 20.9. The molecule has 1 aliphatic heterocycles. The molecule has 0 aliphatic carbocycles. The van der Waals surface area contributed by atoms with E-state index in [4.69, 9.17) is 23.3 Å². The molecule has 3 heterocycles. The van der Waals surface area contributed by atoms with Crippen molar-refractivity contribution in [3.05, 3.63) is 65.0 Å². The number of aromatic nitrogens is 3. The molecule has 320 valence electrons. The first-order chi connectivity index (χ1) is 28.1. The van der Waals surface area contributed by atoms with E-state index >= 15 is 0 Å². The number of aliphatic hydroxyl groups excluding tert-OH is 2. The monoisotopic (exact) mass is 829 g/mol. The van der Waals surface area contributed by atoms with Crippen LogP contribution in [0.15, 0.2) is 36.7 Å². The second-order valence-corrected chi connectivity index (χ2v) is 16.5. The molecular formula is C42H61FN5O9P. The Bertz CT molecular complexity index is 1820. The number of aryl methyl sites for hydroxylation is 1. The van der Waals surface area contributed by atoms with E-state index in [-0.39, 0.29) is 30.0 Å². The highest BCUT2D eigenvalue weighted by Gasteiger charge is 2.58. The highest BCUT2D eigenvalue weighted by molar-refractivity contribution is 7.47. The predicted octanol–water partition coefficient (Wildman–Crippen LogP) is 7.89. The number of fused-ring (bicyclic) bond motifs is 1. The highest BCUT2D eigenvalue weighted by atomic mass is 31.2. The van der Waals surface area contributed by atoms with Crippen LogP contribution in [0.4, 0.5) is 4.39 Å². The number of nitrogens with zero attached hydrogens (tertiary/aromatic N) is 5. The first kappa shape index (κ1) is 47.3. The molecular weight excluding hydrogens is 768 g/mol. The number of nitriles is 2. The summed E-state index contributed by atoms with van der Waals surface area (Å²) in [5.41, 5.74) is -0.685. The van der Waals surface area contributed by atoms with E-state index < -0.39 is 56.9 Å². The maximum Gasteiger partial charge on any atom is 0.472 e. The Labute approximate surface area is 341 Å². The van der Waals surface area contributed by atoms with Gasteiger partial charge in [0, 0.05) is 12.2 Å². The average molecular weight is 830 g/mol. The fourth-order valence-electron chi connectivity index (χ4n) is 7.16. The van der Waals surface area contributed by atoms with Crippen molar-refractivity contribution < 1.29 is 47.3 Å². The molecule has 14 nitrogen and oxygen atoms in total. The van der Waals surface area contributed by atoms with Crippen LogP contribution in [0.5, 0.6) is 0 Å². The number of ether oxygens (including phenoxy) is 3. The lowest BCUT2D eigenvalue weighted by Gasteiger charge is -2.24. The van der Waals surface area contributed by atoms with Crippen molar-refractivity contribution in [3.8, 4) is 12.1 Å². The molecule has 6 atom stereocenters. The summed E-state index contributed by atoms with van der Waals surface area (Å²) in [6, 6.07) is 11.1. The number of phosphoric ester groups is 1. The smallest absolute Gasteiger partial charge is 0.387 e. The Morgan fingerprint density at radius 2 is 1.57 bits per heavy atom. The fraction of sp³-hybridized carbons (Fsp3) is 0.667. The van der Waals surface area contributed by atoms with Crippen LogP contribution in [0.25, 0.3) is 5.52 Å². The SMILES string of the molecule is CCCCCCCCCCCCCCCCCCOC[C@H](COP(=O)(O)OC[C@H]1O[C@@](C#N)(c2ccc3c(C)ncnn23)[C@H](O)[C@@H]1O)OCc1c(F)cccc1C#N. The lowest BCUT2D eigenvalue weighted by Crippen LogP contribution is -2.41. The largest absolute Gasteiger partial charge is 0.472 e. The highest BCUT2D eigenvalue weighted by Crippen LogP contribution is 2.46. The minimum absolute atomic E-state index is 0.0283. The molecule has 1 fully saturated rings. The van der Waals surface area contributed by atoms with Gasteiger partial charge in [-0.05, 0) is 37.6 Å². The zero-order chi connectivity index (χ0) is 41.8. The molecule has 1 unspecified atom stereocenters. The second kappa shape index (κ2) is 24.7. The van der Waals surface area contributed by atoms with Gasteiger partial charge in [-0.25, -0.2) is 18.5 Å². The van der Waals surface area contributed by atoms with Crippen molar-refractivity contribution in [3.63, 3.8) is 0 Å². The van der Waals surface area contributed by atoms with Crippen LogP contribution in [0.3, 0.4) is 0 Å². The molecule has 58 heavy (non-hydrogen) atoms. The van der Waals surface area contributed by atoms with Gasteiger partial charge in [-0.15, -0.1) is 0 Å². The van der Waals surface area contributed by atoms with E-state index in [9.17, 15) is 34.6 Å². The first-order valence-electron chi connectivity index (χ1n) is 20.8. The summed E-state index contributed by atoms with van der Waals surface area (Å²) >= 11 is 0. The zero-order valence-electron chi connectivity index (χ0n) is 34.0. The summed E-state index contributed by atoms with van der Waals surface area (Å²) in [5, 5.41) is 45.6. The first-order valence-corrected chi connectivity index (χ1v) is 22.3. The molecule has 0 saturated carbocycles. The number of unbranched alkanes of at least 4 members (excludes halogenated alkanes) is 15. The minimum atomic E-state index is -4.84. The summed E-state index contributed by atoms with van der Waals surface area (Å²) < 4.78 is 56.9. The third kappa shape index (κ3) is 13.9. The van der Waals surface area contributed by atoms with Gasteiger partial charge in [0.05, 0.1) is 55.0 Å². The lowest BCUT2D eigenvalue weighted by atomic mass is 9.92. The van der Waals surface area contributed by atoms with Crippen molar-refractivity contribution in [1.82, 2.24) is 14.6 Å². The Balaban J connectivity index is 1.21. The van der Waals surface area contributed by atoms with Crippen molar-refractivity contribution >= 4 is 13.3 Å². The number of aliphatic hydroxyl groups is 2. The van der Waals surface area contributed by atoms with E-state index in [0.717, 1.165) is 19.3 Å². The molecule has 1 saturated heterocycles. The van der Waals surface area contributed by atoms with Crippen LogP contribution in [-0.4, -0.2) is 80.5 Å². The molecule has 4 rings (SSSR count). The molecule has 0 radical (unpaired) electrons. The summed E-state index contributed by atoms with van der Waals surface area (Å²) in [5.74, 6) is -0.634. The van der Waals surface area contributed by atoms with Crippen LogP contribution >= 0.6 is 7.82 Å². The summed E-state index contributed by atoms with van der Waals surface area (Å²) in [4.78, 5) is 14.7. The maximum absolute atomic E-state index is 14.6. The van der Waals surface area contributed by atoms with Crippen LogP contribution in [0.2, 0.25) is 0 Å². The van der Waals surface area contributed by atoms with Crippen molar-refractivity contribution in [2.24, 2.45) is 0 Å². The molecule has 0 bridgehead atoms. The summed E-state index contributed by atoms with van der Waals surface area (Å²) in [7, 11) is -4.84. The third-order valence-corrected chi connectivity index (χ3v) is 11.6. The number of benzene rings is 1. The molecule has 1 aliphatic rings. The fourth-order valence-corrected chi connectivity index (χ4v) is 7.92. The van der Waals surface area contributed by atoms with Gasteiger partial charge in [-0.2, -0.15) is 15.6 Å². The molecule has 3 aromatic rings. The number of rotatable bonds is 29. The quantitative estimate of drug-likeness (QED) is 0.0451. The number of hydrogen-bond acceptors (Lipinski definition) is 12. The predicted molar refractivity (Wildman–Crippen MR) is 214 cm³/mol.